The number of hydrogen-bond donors (Lipinski definition) is 1. The Kier molecular flexibility index (Phi) is 4.67. The highest BCUT2D eigenvalue weighted by Gasteiger charge is 2.32. The Bertz CT molecular complexity index is 388. The Morgan fingerprint density at radius 1 is 1.26 bits per heavy atom. The first-order valence-corrected chi connectivity index (χ1v) is 7.76. The van der Waals surface area contributed by atoms with Crippen molar-refractivity contribution in [2.75, 3.05) is 13.1 Å². The molecule has 0 spiro atoms. The molecule has 0 radical (unpaired) electrons. The molecule has 19 heavy (non-hydrogen) atoms. The van der Waals surface area contributed by atoms with Gasteiger partial charge in [-0.25, -0.2) is 4.98 Å². The van der Waals surface area contributed by atoms with E-state index in [0.29, 0.717) is 11.5 Å². The van der Waals surface area contributed by atoms with Crippen molar-refractivity contribution in [3.05, 3.63) is 18.2 Å². The van der Waals surface area contributed by atoms with E-state index in [4.69, 9.17) is 0 Å². The quantitative estimate of drug-likeness (QED) is 0.881. The zero-order chi connectivity index (χ0) is 13.9. The Morgan fingerprint density at radius 2 is 1.95 bits per heavy atom. The molecule has 1 aliphatic rings. The third kappa shape index (κ3) is 3.38. The molecule has 2 rings (SSSR count). The first-order valence-electron chi connectivity index (χ1n) is 7.76. The van der Waals surface area contributed by atoms with Crippen molar-refractivity contribution in [1.29, 1.82) is 0 Å². The van der Waals surface area contributed by atoms with Gasteiger partial charge in [-0.15, -0.1) is 0 Å². The minimum Gasteiger partial charge on any atom is -0.331 e. The van der Waals surface area contributed by atoms with E-state index in [-0.39, 0.29) is 0 Å². The van der Waals surface area contributed by atoms with Crippen molar-refractivity contribution < 1.29 is 0 Å². The van der Waals surface area contributed by atoms with E-state index in [1.54, 1.807) is 0 Å². The number of piperidine rings is 1. The van der Waals surface area contributed by atoms with E-state index in [9.17, 15) is 0 Å². The predicted octanol–water partition coefficient (Wildman–Crippen LogP) is 3.52. The van der Waals surface area contributed by atoms with Crippen LogP contribution in [-0.2, 0) is 5.41 Å². The largest absolute Gasteiger partial charge is 0.331 e. The van der Waals surface area contributed by atoms with Crippen LogP contribution < -0.4 is 5.32 Å². The van der Waals surface area contributed by atoms with Crippen LogP contribution >= 0.6 is 0 Å². The van der Waals surface area contributed by atoms with Crippen LogP contribution in [0.3, 0.4) is 0 Å². The summed E-state index contributed by atoms with van der Waals surface area (Å²) in [6.45, 7) is 11.6. The van der Waals surface area contributed by atoms with E-state index in [1.165, 1.54) is 31.4 Å². The van der Waals surface area contributed by atoms with Gasteiger partial charge in [-0.2, -0.15) is 0 Å². The Balaban J connectivity index is 2.12. The lowest BCUT2D eigenvalue weighted by Gasteiger charge is -2.35. The normalized spacial score (nSPS) is 20.7. The van der Waals surface area contributed by atoms with Crippen LogP contribution in [0.1, 0.15) is 65.1 Å². The molecule has 1 saturated heterocycles. The van der Waals surface area contributed by atoms with Gasteiger partial charge in [0.15, 0.2) is 0 Å². The summed E-state index contributed by atoms with van der Waals surface area (Å²) in [5.41, 5.74) is 1.73. The fourth-order valence-corrected chi connectivity index (χ4v) is 3.07. The van der Waals surface area contributed by atoms with Gasteiger partial charge >= 0.3 is 0 Å². The highest BCUT2D eigenvalue weighted by Crippen LogP contribution is 2.34. The summed E-state index contributed by atoms with van der Waals surface area (Å²) in [7, 11) is 0. The highest BCUT2D eigenvalue weighted by molar-refractivity contribution is 5.16. The van der Waals surface area contributed by atoms with Crippen molar-refractivity contribution in [2.45, 2.75) is 64.8 Å². The third-order valence-corrected chi connectivity index (χ3v) is 4.63. The summed E-state index contributed by atoms with van der Waals surface area (Å²) in [6.07, 6.45) is 9.10. The molecule has 1 aromatic heterocycles. The standard InChI is InChI=1S/C16H29N3/c1-13(2)5-6-14(3)19-12-18-11-15(19)16(4)7-9-17-10-8-16/h11-14,17H,5-10H2,1-4H3. The molecule has 3 heteroatoms. The highest BCUT2D eigenvalue weighted by atomic mass is 15.1. The molecule has 3 nitrogen and oxygen atoms in total. The predicted molar refractivity (Wildman–Crippen MR) is 80.5 cm³/mol. The molecule has 1 atom stereocenters. The summed E-state index contributed by atoms with van der Waals surface area (Å²) in [5.74, 6) is 0.781. The van der Waals surface area contributed by atoms with E-state index in [0.717, 1.165) is 19.0 Å². The molecule has 1 unspecified atom stereocenters. The molecule has 0 amide bonds. The zero-order valence-corrected chi connectivity index (χ0v) is 12.9. The Morgan fingerprint density at radius 3 is 2.58 bits per heavy atom. The number of nitrogens with one attached hydrogen (secondary N) is 1. The second kappa shape index (κ2) is 6.08. The van der Waals surface area contributed by atoms with Gasteiger partial charge in [0.2, 0.25) is 0 Å². The summed E-state index contributed by atoms with van der Waals surface area (Å²) >= 11 is 0. The van der Waals surface area contributed by atoms with Crippen molar-refractivity contribution in [1.82, 2.24) is 14.9 Å². The summed E-state index contributed by atoms with van der Waals surface area (Å²) in [6, 6.07) is 0.562. The number of hydrogen-bond acceptors (Lipinski definition) is 2. The molecular weight excluding hydrogens is 234 g/mol. The van der Waals surface area contributed by atoms with Crippen LogP contribution in [0, 0.1) is 5.92 Å². The van der Waals surface area contributed by atoms with Crippen molar-refractivity contribution in [3.8, 4) is 0 Å². The fourth-order valence-electron chi connectivity index (χ4n) is 3.07. The minimum absolute atomic E-state index is 0.299. The van der Waals surface area contributed by atoms with E-state index < -0.39 is 0 Å². The first-order chi connectivity index (χ1) is 9.03. The first kappa shape index (κ1) is 14.6. The average molecular weight is 263 g/mol. The van der Waals surface area contributed by atoms with Gasteiger partial charge in [0.05, 0.1) is 6.33 Å². The Labute approximate surface area is 117 Å². The summed E-state index contributed by atoms with van der Waals surface area (Å²) in [5, 5.41) is 3.46. The topological polar surface area (TPSA) is 29.9 Å². The van der Waals surface area contributed by atoms with Gasteiger partial charge in [0, 0.05) is 23.3 Å². The van der Waals surface area contributed by atoms with Crippen LogP contribution in [-0.4, -0.2) is 22.6 Å². The molecule has 0 bridgehead atoms. The molecule has 108 valence electrons. The lowest BCUT2D eigenvalue weighted by atomic mass is 9.78. The molecule has 0 aliphatic carbocycles. The van der Waals surface area contributed by atoms with Crippen LogP contribution in [0.5, 0.6) is 0 Å². The molecular formula is C16H29N3. The molecule has 1 N–H and O–H groups in total. The van der Waals surface area contributed by atoms with E-state index in [2.05, 4.69) is 48.8 Å². The van der Waals surface area contributed by atoms with Crippen LogP contribution in [0.2, 0.25) is 0 Å². The van der Waals surface area contributed by atoms with E-state index in [1.807, 2.05) is 6.33 Å². The molecule has 1 fully saturated rings. The van der Waals surface area contributed by atoms with E-state index >= 15 is 0 Å². The number of nitrogens with zero attached hydrogens (tertiary/aromatic N) is 2. The molecule has 2 heterocycles. The van der Waals surface area contributed by atoms with Crippen LogP contribution in [0.15, 0.2) is 12.5 Å². The third-order valence-electron chi connectivity index (χ3n) is 4.63. The minimum atomic E-state index is 0.299. The summed E-state index contributed by atoms with van der Waals surface area (Å²) in [4.78, 5) is 4.43. The van der Waals surface area contributed by atoms with Gasteiger partial charge in [-0.1, -0.05) is 20.8 Å². The van der Waals surface area contributed by atoms with Crippen molar-refractivity contribution in [3.63, 3.8) is 0 Å². The van der Waals surface area contributed by atoms with Gasteiger partial charge in [-0.05, 0) is 51.6 Å². The molecule has 0 aromatic carbocycles. The second-order valence-electron chi connectivity index (χ2n) is 6.82. The maximum atomic E-state index is 4.43. The monoisotopic (exact) mass is 263 g/mol. The van der Waals surface area contributed by atoms with Gasteiger partial charge in [-0.3, -0.25) is 0 Å². The maximum absolute atomic E-state index is 4.43. The van der Waals surface area contributed by atoms with Crippen molar-refractivity contribution in [2.24, 2.45) is 5.92 Å². The lowest BCUT2D eigenvalue weighted by molar-refractivity contribution is 0.305. The SMILES string of the molecule is CC(C)CCC(C)n1cncc1C1(C)CCNCC1. The van der Waals surface area contributed by atoms with Gasteiger partial charge < -0.3 is 9.88 Å². The Hall–Kier alpha value is -0.830. The smallest absolute Gasteiger partial charge is 0.0950 e. The second-order valence-corrected chi connectivity index (χ2v) is 6.82. The molecule has 1 aromatic rings. The average Bonchev–Trinajstić information content (AvgIpc) is 2.87. The molecule has 0 saturated carbocycles. The number of aromatic nitrogens is 2. The number of imidazole rings is 1. The van der Waals surface area contributed by atoms with Crippen LogP contribution in [0.25, 0.3) is 0 Å². The maximum Gasteiger partial charge on any atom is 0.0950 e. The number of rotatable bonds is 5. The lowest BCUT2D eigenvalue weighted by Crippen LogP contribution is -2.39. The van der Waals surface area contributed by atoms with Gasteiger partial charge in [0.1, 0.15) is 0 Å². The fraction of sp³-hybridized carbons (Fsp3) is 0.812. The molecule has 1 aliphatic heterocycles. The summed E-state index contributed by atoms with van der Waals surface area (Å²) < 4.78 is 2.42. The van der Waals surface area contributed by atoms with Crippen molar-refractivity contribution >= 4 is 0 Å². The zero-order valence-electron chi connectivity index (χ0n) is 12.9. The van der Waals surface area contributed by atoms with Gasteiger partial charge in [0.25, 0.3) is 0 Å². The van der Waals surface area contributed by atoms with Crippen LogP contribution in [0.4, 0.5) is 0 Å².